The van der Waals surface area contributed by atoms with Crippen LogP contribution in [0.15, 0.2) is 6.07 Å². The molecule has 0 saturated carbocycles. The average Bonchev–Trinajstić information content (AvgIpc) is 2.75. The van der Waals surface area contributed by atoms with E-state index in [1.807, 2.05) is 0 Å². The van der Waals surface area contributed by atoms with Gasteiger partial charge in [0.25, 0.3) is 0 Å². The van der Waals surface area contributed by atoms with Gasteiger partial charge < -0.3 is 19.4 Å². The van der Waals surface area contributed by atoms with E-state index in [9.17, 15) is 13.6 Å². The number of anilines is 1. The maximum Gasteiger partial charge on any atom is 0.707 e. The summed E-state index contributed by atoms with van der Waals surface area (Å²) in [5, 5.41) is 19.8. The van der Waals surface area contributed by atoms with Gasteiger partial charge in [0.2, 0.25) is 0 Å². The molecule has 0 radical (unpaired) electrons. The van der Waals surface area contributed by atoms with E-state index in [1.165, 1.54) is 0 Å². The van der Waals surface area contributed by atoms with Crippen LogP contribution in [0.5, 0.6) is 5.75 Å². The monoisotopic (exact) mass is 346 g/mol. The molecule has 1 aromatic heterocycles. The molecule has 0 atom stereocenters. The lowest BCUT2D eigenvalue weighted by Gasteiger charge is -2.18. The van der Waals surface area contributed by atoms with Gasteiger partial charge in [-0.05, 0) is 20.8 Å². The van der Waals surface area contributed by atoms with Crippen molar-refractivity contribution in [2.24, 2.45) is 0 Å². The van der Waals surface area contributed by atoms with Crippen LogP contribution in [0.3, 0.4) is 0 Å². The van der Waals surface area contributed by atoms with Crippen LogP contribution < -0.4 is 9.97 Å². The number of fused-ring (bicyclic) bond motifs is 1. The highest BCUT2D eigenvalue weighted by molar-refractivity contribution is 7.22. The molecule has 0 aliphatic heterocycles. The maximum absolute atomic E-state index is 13.8. The minimum atomic E-state index is -2.30. The summed E-state index contributed by atoms with van der Waals surface area (Å²) >= 11 is 0.720. The van der Waals surface area contributed by atoms with E-state index in [1.54, 1.807) is 20.8 Å². The number of ether oxygens (including phenoxy) is 1. The van der Waals surface area contributed by atoms with Crippen LogP contribution in [0, 0.1) is 11.6 Å². The van der Waals surface area contributed by atoms with Crippen LogP contribution in [-0.2, 0) is 4.74 Å². The number of halogens is 2. The number of aromatic nitrogens is 1. The van der Waals surface area contributed by atoms with Crippen molar-refractivity contribution in [2.45, 2.75) is 26.4 Å². The van der Waals surface area contributed by atoms with Crippen molar-refractivity contribution in [3.05, 3.63) is 17.7 Å². The van der Waals surface area contributed by atoms with Crippen LogP contribution >= 0.6 is 11.3 Å². The number of rotatable bonds is 3. The second-order valence-electron chi connectivity index (χ2n) is 5.44. The fourth-order valence-electron chi connectivity index (χ4n) is 1.65. The first-order valence-corrected chi connectivity index (χ1v) is 7.20. The van der Waals surface area contributed by atoms with Gasteiger partial charge in [0.1, 0.15) is 16.9 Å². The molecule has 124 valence electrons. The number of carbonyl (C=O) groups is 1. The Morgan fingerprint density at radius 1 is 1.35 bits per heavy atom. The minimum Gasteiger partial charge on any atom is -0.508 e. The van der Waals surface area contributed by atoms with E-state index >= 15 is 0 Å². The second-order valence-corrected chi connectivity index (χ2v) is 6.44. The summed E-state index contributed by atoms with van der Waals surface area (Å²) < 4.78 is 36.9. The Balaban J connectivity index is 2.37. The third-order valence-corrected chi connectivity index (χ3v) is 3.34. The van der Waals surface area contributed by atoms with Gasteiger partial charge >= 0.3 is 13.4 Å². The molecule has 0 aliphatic rings. The molecule has 7 nitrogen and oxygen atoms in total. The van der Waals surface area contributed by atoms with E-state index in [0.717, 1.165) is 11.3 Å². The predicted molar refractivity (Wildman–Crippen MR) is 80.2 cm³/mol. The van der Waals surface area contributed by atoms with Gasteiger partial charge in [-0.25, -0.2) is 18.6 Å². The number of nitrogens with one attached hydrogen (secondary N) is 1. The largest absolute Gasteiger partial charge is 0.707 e. The molecule has 0 bridgehead atoms. The molecule has 0 aliphatic carbocycles. The number of benzene rings is 1. The molecule has 1 heterocycles. The van der Waals surface area contributed by atoms with E-state index in [2.05, 4.69) is 15.0 Å². The minimum absolute atomic E-state index is 0.0592. The quantitative estimate of drug-likeness (QED) is 0.737. The fraction of sp³-hybridized carbons (Fsp3) is 0.333. The van der Waals surface area contributed by atoms with Crippen LogP contribution in [-0.4, -0.2) is 34.0 Å². The van der Waals surface area contributed by atoms with E-state index in [-0.39, 0.29) is 15.3 Å². The first kappa shape index (κ1) is 17.4. The Morgan fingerprint density at radius 3 is 2.57 bits per heavy atom. The molecule has 3 N–H and O–H groups in total. The number of carbonyl (C=O) groups excluding carboxylic acids is 1. The lowest BCUT2D eigenvalue weighted by molar-refractivity contribution is 0.0636. The standard InChI is InChI=1S/C12H13BF2N2O5S/c1-12(2,3)21-11(18)17-10-16-7-8(22-13(19)20)5(14)4-6(15)9(7)23-10/h4,19-20H,1-3H3,(H,16,17,18). The third kappa shape index (κ3) is 4.27. The zero-order valence-electron chi connectivity index (χ0n) is 12.4. The van der Waals surface area contributed by atoms with Gasteiger partial charge in [-0.1, -0.05) is 11.3 Å². The summed E-state index contributed by atoms with van der Waals surface area (Å²) in [6, 6.07) is 0.523. The summed E-state index contributed by atoms with van der Waals surface area (Å²) in [5.74, 6) is -2.71. The topological polar surface area (TPSA) is 101 Å². The van der Waals surface area contributed by atoms with Gasteiger partial charge in [0, 0.05) is 6.07 Å². The van der Waals surface area contributed by atoms with Crippen molar-refractivity contribution in [1.82, 2.24) is 4.98 Å². The second kappa shape index (κ2) is 6.26. The Bertz CT molecular complexity index is 747. The molecule has 11 heteroatoms. The lowest BCUT2D eigenvalue weighted by atomic mass is 10.2. The average molecular weight is 346 g/mol. The summed E-state index contributed by atoms with van der Waals surface area (Å²) in [5.41, 5.74) is -1.03. The highest BCUT2D eigenvalue weighted by Gasteiger charge is 2.24. The smallest absolute Gasteiger partial charge is 0.508 e. The summed E-state index contributed by atoms with van der Waals surface area (Å²) in [7, 11) is -2.30. The van der Waals surface area contributed by atoms with Crippen molar-refractivity contribution >= 4 is 40.1 Å². The molecule has 0 spiro atoms. The van der Waals surface area contributed by atoms with Gasteiger partial charge in [-0.3, -0.25) is 5.32 Å². The molecule has 2 aromatic rings. The highest BCUT2D eigenvalue weighted by Crippen LogP contribution is 2.36. The van der Waals surface area contributed by atoms with Gasteiger partial charge in [-0.2, -0.15) is 0 Å². The molecule has 0 fully saturated rings. The van der Waals surface area contributed by atoms with E-state index in [4.69, 9.17) is 14.8 Å². The third-order valence-electron chi connectivity index (χ3n) is 2.36. The summed E-state index contributed by atoms with van der Waals surface area (Å²) in [4.78, 5) is 15.5. The molecule has 23 heavy (non-hydrogen) atoms. The number of nitrogens with zero attached hydrogens (tertiary/aromatic N) is 1. The van der Waals surface area contributed by atoms with Crippen molar-refractivity contribution < 1.29 is 33.0 Å². The van der Waals surface area contributed by atoms with Crippen molar-refractivity contribution in [2.75, 3.05) is 5.32 Å². The van der Waals surface area contributed by atoms with Crippen LogP contribution in [0.2, 0.25) is 0 Å². The molecule has 1 amide bonds. The Morgan fingerprint density at radius 2 is 2.00 bits per heavy atom. The van der Waals surface area contributed by atoms with Crippen molar-refractivity contribution in [1.29, 1.82) is 0 Å². The normalized spacial score (nSPS) is 11.4. The van der Waals surface area contributed by atoms with Crippen LogP contribution in [0.1, 0.15) is 20.8 Å². The zero-order chi connectivity index (χ0) is 17.4. The molecular formula is C12H13BF2N2O5S. The molecule has 1 aromatic carbocycles. The Labute approximate surface area is 134 Å². The highest BCUT2D eigenvalue weighted by atomic mass is 32.1. The molecule has 0 saturated heterocycles. The lowest BCUT2D eigenvalue weighted by Crippen LogP contribution is -2.27. The summed E-state index contributed by atoms with van der Waals surface area (Å²) in [6.45, 7) is 4.98. The van der Waals surface area contributed by atoms with Gasteiger partial charge in [-0.15, -0.1) is 0 Å². The number of hydrogen-bond donors (Lipinski definition) is 3. The van der Waals surface area contributed by atoms with Gasteiger partial charge in [0.05, 0.1) is 4.70 Å². The fourth-order valence-corrected chi connectivity index (χ4v) is 2.51. The molecular weight excluding hydrogens is 333 g/mol. The van der Waals surface area contributed by atoms with Crippen LogP contribution in [0.25, 0.3) is 10.2 Å². The maximum atomic E-state index is 13.8. The molecule has 0 unspecified atom stereocenters. The SMILES string of the molecule is CC(C)(C)OC(=O)Nc1nc2c(OB(O)O)c(F)cc(F)c2s1. The van der Waals surface area contributed by atoms with Crippen LogP contribution in [0.4, 0.5) is 18.7 Å². The number of hydrogen-bond acceptors (Lipinski definition) is 7. The molecule has 2 rings (SSSR count). The van der Waals surface area contributed by atoms with E-state index in [0.29, 0.717) is 6.07 Å². The first-order valence-electron chi connectivity index (χ1n) is 6.38. The Hall–Kier alpha value is -1.98. The van der Waals surface area contributed by atoms with Crippen molar-refractivity contribution in [3.8, 4) is 5.75 Å². The van der Waals surface area contributed by atoms with Crippen molar-refractivity contribution in [3.63, 3.8) is 0 Å². The summed E-state index contributed by atoms with van der Waals surface area (Å²) in [6.07, 6.45) is -0.818. The van der Waals surface area contributed by atoms with Gasteiger partial charge in [0.15, 0.2) is 16.7 Å². The van der Waals surface area contributed by atoms with E-state index < -0.39 is 36.4 Å². The zero-order valence-corrected chi connectivity index (χ0v) is 13.2. The number of thiazole rings is 1. The predicted octanol–water partition coefficient (Wildman–Crippen LogP) is 2.27. The Kier molecular flexibility index (Phi) is 4.73. The number of amides is 1. The first-order chi connectivity index (χ1) is 10.6.